The predicted octanol–water partition coefficient (Wildman–Crippen LogP) is 3.89. The predicted molar refractivity (Wildman–Crippen MR) is 138 cm³/mol. The second-order valence-corrected chi connectivity index (χ2v) is 8.93. The molecule has 3 heterocycles. The molecule has 0 aliphatic carbocycles. The lowest BCUT2D eigenvalue weighted by atomic mass is 9.94. The van der Waals surface area contributed by atoms with Gasteiger partial charge in [0.1, 0.15) is 11.6 Å². The molecule has 4 rings (SSSR count). The number of halogens is 2. The number of hydrogen-bond acceptors (Lipinski definition) is 7. The van der Waals surface area contributed by atoms with Crippen molar-refractivity contribution in [3.8, 4) is 5.88 Å². The molecule has 1 saturated heterocycles. The van der Waals surface area contributed by atoms with Crippen molar-refractivity contribution in [3.05, 3.63) is 77.5 Å². The van der Waals surface area contributed by atoms with Gasteiger partial charge in [-0.1, -0.05) is 24.3 Å². The molecule has 0 spiro atoms. The zero-order valence-electron chi connectivity index (χ0n) is 20.6. The van der Waals surface area contributed by atoms with Crippen LogP contribution in [0.5, 0.6) is 5.88 Å². The Morgan fingerprint density at radius 3 is 2.84 bits per heavy atom. The number of fused-ring (bicyclic) bond motifs is 1. The van der Waals surface area contributed by atoms with E-state index in [1.807, 2.05) is 24.3 Å². The van der Waals surface area contributed by atoms with Crippen LogP contribution < -0.4 is 10.1 Å². The molecule has 7 nitrogen and oxygen atoms in total. The first-order valence-corrected chi connectivity index (χ1v) is 12.2. The molecule has 37 heavy (non-hydrogen) atoms. The number of aliphatic hydroxyl groups excluding tert-OH is 2. The fraction of sp³-hybridized carbons (Fsp3) is 0.357. The van der Waals surface area contributed by atoms with Crippen molar-refractivity contribution in [1.29, 1.82) is 0 Å². The quantitative estimate of drug-likeness (QED) is 0.380. The molecule has 196 valence electrons. The molecule has 0 bridgehead atoms. The van der Waals surface area contributed by atoms with Gasteiger partial charge in [-0.15, -0.1) is 0 Å². The van der Waals surface area contributed by atoms with E-state index in [0.29, 0.717) is 12.4 Å². The van der Waals surface area contributed by atoms with Gasteiger partial charge in [-0.25, -0.2) is 13.8 Å². The Hall–Kier alpha value is -3.24. The molecule has 0 unspecified atom stereocenters. The van der Waals surface area contributed by atoms with Crippen LogP contribution >= 0.6 is 0 Å². The highest BCUT2D eigenvalue weighted by atomic mass is 19.1. The summed E-state index contributed by atoms with van der Waals surface area (Å²) in [6, 6.07) is 8.73. The van der Waals surface area contributed by atoms with E-state index in [0.717, 1.165) is 47.6 Å². The van der Waals surface area contributed by atoms with Crippen molar-refractivity contribution in [2.45, 2.75) is 43.6 Å². The first-order chi connectivity index (χ1) is 18.0. The summed E-state index contributed by atoms with van der Waals surface area (Å²) in [7, 11) is 1.57. The van der Waals surface area contributed by atoms with E-state index in [4.69, 9.17) is 9.47 Å². The van der Waals surface area contributed by atoms with Crippen LogP contribution in [0.2, 0.25) is 0 Å². The van der Waals surface area contributed by atoms with Crippen molar-refractivity contribution in [1.82, 2.24) is 15.3 Å². The minimum atomic E-state index is -0.908. The summed E-state index contributed by atoms with van der Waals surface area (Å²) in [6.07, 6.45) is 9.21. The van der Waals surface area contributed by atoms with Gasteiger partial charge >= 0.3 is 0 Å². The summed E-state index contributed by atoms with van der Waals surface area (Å²) in [5, 5.41) is 22.8. The molecule has 1 fully saturated rings. The van der Waals surface area contributed by atoms with Gasteiger partial charge in [0.15, 0.2) is 0 Å². The van der Waals surface area contributed by atoms with Crippen LogP contribution in [0.1, 0.15) is 30.4 Å². The molecular formula is C28H31F2N3O4. The summed E-state index contributed by atoms with van der Waals surface area (Å²) < 4.78 is 38.7. The lowest BCUT2D eigenvalue weighted by molar-refractivity contribution is -0.0714. The van der Waals surface area contributed by atoms with Gasteiger partial charge in [0, 0.05) is 42.4 Å². The van der Waals surface area contributed by atoms with E-state index >= 15 is 0 Å². The molecular weight excluding hydrogens is 480 g/mol. The first-order valence-electron chi connectivity index (χ1n) is 12.2. The summed E-state index contributed by atoms with van der Waals surface area (Å²) in [4.78, 5) is 8.86. The molecule has 3 N–H and O–H groups in total. The number of aliphatic hydroxyl groups is 2. The molecule has 9 heteroatoms. The fourth-order valence-corrected chi connectivity index (χ4v) is 4.39. The van der Waals surface area contributed by atoms with Crippen LogP contribution in [0, 0.1) is 11.6 Å². The molecule has 1 aliphatic rings. The Morgan fingerprint density at radius 1 is 1.16 bits per heavy atom. The molecule has 4 atom stereocenters. The third-order valence-electron chi connectivity index (χ3n) is 6.32. The summed E-state index contributed by atoms with van der Waals surface area (Å²) in [5.41, 5.74) is 2.54. The summed E-state index contributed by atoms with van der Waals surface area (Å²) in [5.74, 6) is -0.486. The van der Waals surface area contributed by atoms with E-state index < -0.39 is 17.7 Å². The highest BCUT2D eigenvalue weighted by molar-refractivity contribution is 5.84. The largest absolute Gasteiger partial charge is 0.481 e. The summed E-state index contributed by atoms with van der Waals surface area (Å²) in [6.45, 7) is 0.0507. The van der Waals surface area contributed by atoms with Crippen molar-refractivity contribution in [3.63, 3.8) is 0 Å². The molecule has 1 aliphatic heterocycles. The highest BCUT2D eigenvalue weighted by Gasteiger charge is 2.31. The minimum Gasteiger partial charge on any atom is -0.481 e. The van der Waals surface area contributed by atoms with Crippen LogP contribution in [-0.2, 0) is 4.74 Å². The van der Waals surface area contributed by atoms with Crippen molar-refractivity contribution in [2.75, 3.05) is 20.3 Å². The zero-order chi connectivity index (χ0) is 26.2. The van der Waals surface area contributed by atoms with Gasteiger partial charge < -0.3 is 25.0 Å². The molecule has 0 saturated carbocycles. The monoisotopic (exact) mass is 511 g/mol. The van der Waals surface area contributed by atoms with Crippen LogP contribution in [-0.4, -0.2) is 64.8 Å². The number of pyridine rings is 2. The smallest absolute Gasteiger partial charge is 0.213 e. The normalized spacial score (nSPS) is 21.2. The van der Waals surface area contributed by atoms with Gasteiger partial charge in [-0.3, -0.25) is 4.98 Å². The van der Waals surface area contributed by atoms with Gasteiger partial charge in [0.2, 0.25) is 5.88 Å². The molecule has 3 aromatic rings. The van der Waals surface area contributed by atoms with Gasteiger partial charge in [0.25, 0.3) is 0 Å². The zero-order valence-corrected chi connectivity index (χ0v) is 20.6. The highest BCUT2D eigenvalue weighted by Crippen LogP contribution is 2.26. The van der Waals surface area contributed by atoms with E-state index in [1.54, 1.807) is 25.4 Å². The Morgan fingerprint density at radius 2 is 2.03 bits per heavy atom. The topological polar surface area (TPSA) is 96.7 Å². The van der Waals surface area contributed by atoms with E-state index in [1.165, 1.54) is 6.08 Å². The second-order valence-electron chi connectivity index (χ2n) is 8.93. The van der Waals surface area contributed by atoms with Crippen molar-refractivity contribution in [2.24, 2.45) is 0 Å². The Kier molecular flexibility index (Phi) is 9.29. The third kappa shape index (κ3) is 7.17. The number of methoxy groups -OCH3 is 1. The molecule has 2 aromatic heterocycles. The molecule has 0 amide bonds. The number of ether oxygens (including phenoxy) is 2. The average molecular weight is 512 g/mol. The number of nitrogens with one attached hydrogen (secondary N) is 1. The van der Waals surface area contributed by atoms with Gasteiger partial charge in [-0.05, 0) is 43.2 Å². The Balaban J connectivity index is 1.41. The molecule has 1 aromatic carbocycles. The second kappa shape index (κ2) is 12.8. The summed E-state index contributed by atoms with van der Waals surface area (Å²) >= 11 is 0. The van der Waals surface area contributed by atoms with E-state index in [9.17, 15) is 19.0 Å². The first kappa shape index (κ1) is 26.8. The maximum absolute atomic E-state index is 13.8. The van der Waals surface area contributed by atoms with Crippen LogP contribution in [0.25, 0.3) is 23.2 Å². The lowest BCUT2D eigenvalue weighted by Crippen LogP contribution is -2.48. The SMILES string of the molecule is COc1ccc2nccc(C=C[C@@H]3CC[C@@H](NC/C=C/c4cc(F)ccc4F)[C@@H](C[C@@H](O)CO)O3)c2n1. The van der Waals surface area contributed by atoms with E-state index in [-0.39, 0.29) is 36.8 Å². The van der Waals surface area contributed by atoms with Gasteiger partial charge in [-0.2, -0.15) is 0 Å². The number of aromatic nitrogens is 2. The number of benzene rings is 1. The number of hydrogen-bond donors (Lipinski definition) is 3. The van der Waals surface area contributed by atoms with Crippen LogP contribution in [0.4, 0.5) is 8.78 Å². The average Bonchev–Trinajstić information content (AvgIpc) is 2.92. The van der Waals surface area contributed by atoms with Crippen LogP contribution in [0.15, 0.2) is 54.7 Å². The third-order valence-corrected chi connectivity index (χ3v) is 6.32. The van der Waals surface area contributed by atoms with Crippen molar-refractivity contribution < 1.29 is 28.5 Å². The fourth-order valence-electron chi connectivity index (χ4n) is 4.39. The Labute approximate surface area is 214 Å². The van der Waals surface area contributed by atoms with Gasteiger partial charge in [0.05, 0.1) is 43.1 Å². The molecule has 0 radical (unpaired) electrons. The van der Waals surface area contributed by atoms with Crippen molar-refractivity contribution >= 4 is 23.2 Å². The standard InChI is InChI=1S/C28H31F2N3O4/c1-36-27-11-10-25-28(33-27)18(12-14-32-25)4-6-22-7-9-24(26(37-22)16-21(35)17-34)31-13-2-3-19-15-20(29)5-8-23(19)30/h2-6,8,10-12,14-15,21-22,24,26,31,34-35H,7,9,13,16-17H2,1H3/b3-2+,6-4?/t21-,22-,24-,26-/m1/s1. The maximum Gasteiger partial charge on any atom is 0.213 e. The van der Waals surface area contributed by atoms with E-state index in [2.05, 4.69) is 15.3 Å². The maximum atomic E-state index is 13.8. The Bertz CT molecular complexity index is 1250. The van der Waals surface area contributed by atoms with Crippen LogP contribution in [0.3, 0.4) is 0 Å². The lowest BCUT2D eigenvalue weighted by Gasteiger charge is -2.37. The number of nitrogens with zero attached hydrogens (tertiary/aromatic N) is 2. The minimum absolute atomic E-state index is 0.0828. The number of rotatable bonds is 10.